The molecule has 1 fully saturated rings. The molecule has 0 saturated carbocycles. The molecule has 1 amide bonds. The first-order valence-corrected chi connectivity index (χ1v) is 10.3. The number of halogens is 1. The van der Waals surface area contributed by atoms with Gasteiger partial charge in [-0.05, 0) is 50.5 Å². The molecular weight excluding hydrogens is 392 g/mol. The molecule has 1 N–H and O–H groups in total. The molecule has 2 heterocycles. The molecule has 3 rings (SSSR count). The van der Waals surface area contributed by atoms with Crippen LogP contribution in [-0.4, -0.2) is 43.9 Å². The van der Waals surface area contributed by atoms with Crippen molar-refractivity contribution in [2.45, 2.75) is 32.1 Å². The number of aryl methyl sites for hydroxylation is 1. The van der Waals surface area contributed by atoms with Crippen LogP contribution in [0.15, 0.2) is 36.5 Å². The van der Waals surface area contributed by atoms with Crippen LogP contribution in [0, 0.1) is 6.92 Å². The van der Waals surface area contributed by atoms with Gasteiger partial charge in [0.1, 0.15) is 6.61 Å². The third-order valence-electron chi connectivity index (χ3n) is 5.14. The van der Waals surface area contributed by atoms with E-state index < -0.39 is 5.41 Å². The maximum absolute atomic E-state index is 13.3. The Balaban J connectivity index is 1.74. The van der Waals surface area contributed by atoms with E-state index in [1.165, 1.54) is 0 Å². The molecule has 1 aromatic carbocycles. The van der Waals surface area contributed by atoms with Gasteiger partial charge in [-0.2, -0.15) is 0 Å². The number of anilines is 1. The Morgan fingerprint density at radius 1 is 1.24 bits per heavy atom. The summed E-state index contributed by atoms with van der Waals surface area (Å²) in [5.41, 5.74) is 1.79. The molecule has 0 bridgehead atoms. The number of pyridine rings is 1. The van der Waals surface area contributed by atoms with E-state index >= 15 is 0 Å². The van der Waals surface area contributed by atoms with E-state index in [1.54, 1.807) is 6.20 Å². The highest BCUT2D eigenvalue weighted by atomic mass is 35.5. The van der Waals surface area contributed by atoms with Gasteiger partial charge in [-0.1, -0.05) is 23.7 Å². The van der Waals surface area contributed by atoms with Crippen LogP contribution in [-0.2, 0) is 19.7 Å². The van der Waals surface area contributed by atoms with Crippen molar-refractivity contribution in [3.05, 3.63) is 52.7 Å². The van der Waals surface area contributed by atoms with Gasteiger partial charge in [-0.15, -0.1) is 0 Å². The number of nitrogens with zero attached hydrogens (tertiary/aromatic N) is 1. The second kappa shape index (κ2) is 10.1. The highest BCUT2D eigenvalue weighted by molar-refractivity contribution is 6.30. The molecule has 0 spiro atoms. The Bertz CT molecular complexity index is 820. The smallest absolute Gasteiger partial charge is 0.235 e. The predicted molar refractivity (Wildman–Crippen MR) is 113 cm³/mol. The third-order valence-corrected chi connectivity index (χ3v) is 5.39. The van der Waals surface area contributed by atoms with E-state index in [2.05, 4.69) is 10.3 Å². The monoisotopic (exact) mass is 418 g/mol. The number of nitrogens with one attached hydrogen (secondary N) is 1. The molecule has 0 radical (unpaired) electrons. The first kappa shape index (κ1) is 21.6. The standard InChI is InChI=1S/C22H27ClN2O4/c1-3-27-12-13-29-20-16(2)14-19(15-24-20)25-21(26)22(8-10-28-11-9-22)17-4-6-18(23)7-5-17/h4-7,14-15H,3,8-13H2,1-2H3,(H,25,26). The van der Waals surface area contributed by atoms with Crippen molar-refractivity contribution in [3.63, 3.8) is 0 Å². The molecule has 1 aliphatic rings. The summed E-state index contributed by atoms with van der Waals surface area (Å²) < 4.78 is 16.4. The lowest BCUT2D eigenvalue weighted by Crippen LogP contribution is -2.44. The molecule has 0 aliphatic carbocycles. The van der Waals surface area contributed by atoms with Crippen LogP contribution < -0.4 is 10.1 Å². The van der Waals surface area contributed by atoms with E-state index in [1.807, 2.05) is 44.2 Å². The summed E-state index contributed by atoms with van der Waals surface area (Å²) in [6.07, 6.45) is 2.85. The molecule has 156 valence electrons. The lowest BCUT2D eigenvalue weighted by atomic mass is 9.73. The Morgan fingerprint density at radius 3 is 2.62 bits per heavy atom. The van der Waals surface area contributed by atoms with Gasteiger partial charge in [0.25, 0.3) is 0 Å². The van der Waals surface area contributed by atoms with Crippen LogP contribution in [0.25, 0.3) is 0 Å². The number of carbonyl (C=O) groups excluding carboxylic acids is 1. The van der Waals surface area contributed by atoms with E-state index in [-0.39, 0.29) is 5.91 Å². The van der Waals surface area contributed by atoms with Gasteiger partial charge in [0.15, 0.2) is 0 Å². The average Bonchev–Trinajstić information content (AvgIpc) is 2.73. The van der Waals surface area contributed by atoms with Crippen LogP contribution in [0.3, 0.4) is 0 Å². The molecule has 1 aliphatic heterocycles. The fraction of sp³-hybridized carbons (Fsp3) is 0.455. The fourth-order valence-corrected chi connectivity index (χ4v) is 3.64. The second-order valence-corrected chi connectivity index (χ2v) is 7.48. The van der Waals surface area contributed by atoms with E-state index in [4.69, 9.17) is 25.8 Å². The van der Waals surface area contributed by atoms with Crippen molar-refractivity contribution >= 4 is 23.2 Å². The molecule has 2 aromatic rings. The Kier molecular flexibility index (Phi) is 7.47. The normalized spacial score (nSPS) is 15.7. The maximum Gasteiger partial charge on any atom is 0.235 e. The molecule has 1 aromatic heterocycles. The van der Waals surface area contributed by atoms with Crippen LogP contribution in [0.4, 0.5) is 5.69 Å². The molecule has 7 heteroatoms. The first-order chi connectivity index (χ1) is 14.0. The van der Waals surface area contributed by atoms with Crippen molar-refractivity contribution in [1.29, 1.82) is 0 Å². The van der Waals surface area contributed by atoms with Crippen molar-refractivity contribution in [1.82, 2.24) is 4.98 Å². The first-order valence-electron chi connectivity index (χ1n) is 9.87. The molecule has 1 saturated heterocycles. The highest BCUT2D eigenvalue weighted by Gasteiger charge is 2.41. The summed E-state index contributed by atoms with van der Waals surface area (Å²) in [7, 11) is 0. The minimum absolute atomic E-state index is 0.0608. The average molecular weight is 419 g/mol. The number of rotatable bonds is 8. The number of aromatic nitrogens is 1. The van der Waals surface area contributed by atoms with Gasteiger partial charge in [0.05, 0.1) is 23.9 Å². The summed E-state index contributed by atoms with van der Waals surface area (Å²) in [5.74, 6) is 0.482. The van der Waals surface area contributed by atoms with Crippen molar-refractivity contribution in [3.8, 4) is 5.88 Å². The van der Waals surface area contributed by atoms with Gasteiger partial charge in [0, 0.05) is 30.4 Å². The number of hydrogen-bond donors (Lipinski definition) is 1. The Morgan fingerprint density at radius 2 is 1.97 bits per heavy atom. The number of benzene rings is 1. The molecule has 0 atom stereocenters. The minimum atomic E-state index is -0.649. The number of amides is 1. The molecule has 29 heavy (non-hydrogen) atoms. The van der Waals surface area contributed by atoms with Gasteiger partial charge in [-0.25, -0.2) is 4.98 Å². The van der Waals surface area contributed by atoms with E-state index in [0.29, 0.717) is 62.5 Å². The fourth-order valence-electron chi connectivity index (χ4n) is 3.51. The zero-order valence-electron chi connectivity index (χ0n) is 16.9. The van der Waals surface area contributed by atoms with Gasteiger partial charge in [-0.3, -0.25) is 4.79 Å². The van der Waals surface area contributed by atoms with Crippen molar-refractivity contribution < 1.29 is 19.0 Å². The summed E-state index contributed by atoms with van der Waals surface area (Å²) in [4.78, 5) is 17.7. The second-order valence-electron chi connectivity index (χ2n) is 7.05. The largest absolute Gasteiger partial charge is 0.475 e. The van der Waals surface area contributed by atoms with Crippen LogP contribution in [0.2, 0.25) is 5.02 Å². The minimum Gasteiger partial charge on any atom is -0.475 e. The Labute approximate surface area is 176 Å². The third kappa shape index (κ3) is 5.26. The molecular formula is C22H27ClN2O4. The zero-order valence-corrected chi connectivity index (χ0v) is 17.6. The van der Waals surface area contributed by atoms with Crippen molar-refractivity contribution in [2.24, 2.45) is 0 Å². The topological polar surface area (TPSA) is 69.7 Å². The summed E-state index contributed by atoms with van der Waals surface area (Å²) in [6.45, 7) is 6.54. The van der Waals surface area contributed by atoms with E-state index in [9.17, 15) is 4.79 Å². The van der Waals surface area contributed by atoms with Gasteiger partial charge in [0.2, 0.25) is 11.8 Å². The van der Waals surface area contributed by atoms with E-state index in [0.717, 1.165) is 11.1 Å². The maximum atomic E-state index is 13.3. The van der Waals surface area contributed by atoms with Gasteiger partial charge >= 0.3 is 0 Å². The molecule has 6 nitrogen and oxygen atoms in total. The summed E-state index contributed by atoms with van der Waals surface area (Å²) in [6, 6.07) is 9.36. The quantitative estimate of drug-likeness (QED) is 0.652. The van der Waals surface area contributed by atoms with Crippen molar-refractivity contribution in [2.75, 3.05) is 38.4 Å². The summed E-state index contributed by atoms with van der Waals surface area (Å²) in [5, 5.41) is 3.69. The van der Waals surface area contributed by atoms with Crippen LogP contribution in [0.5, 0.6) is 5.88 Å². The zero-order chi connectivity index (χ0) is 20.7. The molecule has 0 unspecified atom stereocenters. The highest BCUT2D eigenvalue weighted by Crippen LogP contribution is 2.37. The number of carbonyl (C=O) groups is 1. The van der Waals surface area contributed by atoms with Gasteiger partial charge < -0.3 is 19.5 Å². The Hall–Kier alpha value is -2.15. The van der Waals surface area contributed by atoms with Crippen LogP contribution >= 0.6 is 11.6 Å². The lowest BCUT2D eigenvalue weighted by molar-refractivity contribution is -0.125. The lowest BCUT2D eigenvalue weighted by Gasteiger charge is -2.36. The van der Waals surface area contributed by atoms with Crippen LogP contribution in [0.1, 0.15) is 30.9 Å². The number of hydrogen-bond acceptors (Lipinski definition) is 5. The number of ether oxygens (including phenoxy) is 3. The SMILES string of the molecule is CCOCCOc1ncc(NC(=O)C2(c3ccc(Cl)cc3)CCOCC2)cc1C. The predicted octanol–water partition coefficient (Wildman–Crippen LogP) is 4.15. The summed E-state index contributed by atoms with van der Waals surface area (Å²) >= 11 is 6.04.